The molecule has 8 nitrogen and oxygen atoms in total. The molecule has 0 aromatic heterocycles. The van der Waals surface area contributed by atoms with E-state index in [0.717, 1.165) is 0 Å². The van der Waals surface area contributed by atoms with Crippen LogP contribution in [0.5, 0.6) is 17.2 Å². The molecule has 8 heteroatoms. The predicted molar refractivity (Wildman–Crippen MR) is 127 cm³/mol. The largest absolute Gasteiger partial charge is 0.507 e. The van der Waals surface area contributed by atoms with E-state index < -0.39 is 17.7 Å². The number of aliphatic hydroxyl groups excluding tert-OH is 1. The summed E-state index contributed by atoms with van der Waals surface area (Å²) in [7, 11) is 4.51. The minimum atomic E-state index is -0.776. The van der Waals surface area contributed by atoms with Gasteiger partial charge in [0.05, 0.1) is 39.0 Å². The van der Waals surface area contributed by atoms with Crippen molar-refractivity contribution in [2.45, 2.75) is 19.9 Å². The number of benzene rings is 2. The molecule has 1 amide bonds. The third-order valence-electron chi connectivity index (χ3n) is 5.51. The number of amides is 1. The monoisotopic (exact) mass is 469 g/mol. The average molecular weight is 470 g/mol. The number of ether oxygens (including phenoxy) is 4. The third kappa shape index (κ3) is 5.17. The van der Waals surface area contributed by atoms with E-state index in [-0.39, 0.29) is 24.5 Å². The molecule has 0 aliphatic carbocycles. The second kappa shape index (κ2) is 11.1. The third-order valence-corrected chi connectivity index (χ3v) is 5.51. The van der Waals surface area contributed by atoms with Crippen molar-refractivity contribution in [3.63, 3.8) is 0 Å². The number of hydrogen-bond acceptors (Lipinski definition) is 7. The van der Waals surface area contributed by atoms with Gasteiger partial charge in [0.2, 0.25) is 0 Å². The van der Waals surface area contributed by atoms with E-state index in [1.165, 1.54) is 26.2 Å². The molecule has 3 rings (SSSR count). The van der Waals surface area contributed by atoms with Gasteiger partial charge < -0.3 is 29.0 Å². The van der Waals surface area contributed by atoms with Gasteiger partial charge in [0, 0.05) is 19.2 Å². The van der Waals surface area contributed by atoms with Crippen LogP contribution in [0.25, 0.3) is 5.76 Å². The van der Waals surface area contributed by atoms with Crippen molar-refractivity contribution in [1.82, 2.24) is 4.90 Å². The van der Waals surface area contributed by atoms with Crippen LogP contribution in [0.4, 0.5) is 0 Å². The molecule has 1 fully saturated rings. The minimum absolute atomic E-state index is 0.00386. The second-order valence-electron chi connectivity index (χ2n) is 8.33. The summed E-state index contributed by atoms with van der Waals surface area (Å²) in [4.78, 5) is 27.4. The highest BCUT2D eigenvalue weighted by Gasteiger charge is 2.45. The Morgan fingerprint density at radius 3 is 2.26 bits per heavy atom. The van der Waals surface area contributed by atoms with Crippen LogP contribution in [-0.2, 0) is 14.3 Å². The van der Waals surface area contributed by atoms with E-state index >= 15 is 0 Å². The predicted octanol–water partition coefficient (Wildman–Crippen LogP) is 3.81. The second-order valence-corrected chi connectivity index (χ2v) is 8.33. The molecule has 34 heavy (non-hydrogen) atoms. The number of likely N-dealkylation sites (tertiary alicyclic amines) is 1. The maximum absolute atomic E-state index is 13.1. The van der Waals surface area contributed by atoms with Gasteiger partial charge in [-0.3, -0.25) is 9.59 Å². The summed E-state index contributed by atoms with van der Waals surface area (Å²) in [5.41, 5.74) is 1.02. The quantitative estimate of drug-likeness (QED) is 0.321. The molecule has 1 N–H and O–H groups in total. The van der Waals surface area contributed by atoms with Crippen molar-refractivity contribution in [2.24, 2.45) is 5.92 Å². The number of nitrogens with zero attached hydrogens (tertiary/aromatic N) is 1. The lowest BCUT2D eigenvalue weighted by atomic mass is 9.95. The Kier molecular flexibility index (Phi) is 8.17. The molecule has 1 aliphatic heterocycles. The Bertz CT molecular complexity index is 1060. The van der Waals surface area contributed by atoms with Crippen LogP contribution in [0, 0.1) is 5.92 Å². The summed E-state index contributed by atoms with van der Waals surface area (Å²) in [6, 6.07) is 11.2. The van der Waals surface area contributed by atoms with Crippen LogP contribution in [0.1, 0.15) is 31.0 Å². The number of ketones is 1. The fourth-order valence-corrected chi connectivity index (χ4v) is 3.80. The van der Waals surface area contributed by atoms with Gasteiger partial charge in [-0.1, -0.05) is 26.0 Å². The fourth-order valence-electron chi connectivity index (χ4n) is 3.80. The van der Waals surface area contributed by atoms with Gasteiger partial charge in [0.15, 0.2) is 11.5 Å². The highest BCUT2D eigenvalue weighted by molar-refractivity contribution is 6.46. The Balaban J connectivity index is 2.08. The topological polar surface area (TPSA) is 94.5 Å². The first-order chi connectivity index (χ1) is 16.3. The molecular weight excluding hydrogens is 438 g/mol. The van der Waals surface area contributed by atoms with Gasteiger partial charge in [-0.25, -0.2) is 0 Å². The van der Waals surface area contributed by atoms with Crippen LogP contribution < -0.4 is 14.2 Å². The standard InChI is InChI=1S/C26H31NO7/c1-16(2)15-34-19-9-6-17(7-10-19)23-22(25(29)26(30)27(23)12-13-31-3)24(28)18-8-11-20(32-4)21(14-18)33-5/h6-11,14,16,23,28H,12-13,15H2,1-5H3/b24-22-. The number of aliphatic hydroxyl groups is 1. The number of hydrogen-bond donors (Lipinski definition) is 1. The lowest BCUT2D eigenvalue weighted by molar-refractivity contribution is -0.140. The van der Waals surface area contributed by atoms with Crippen LogP contribution >= 0.6 is 0 Å². The first-order valence-electron chi connectivity index (χ1n) is 11.0. The highest BCUT2D eigenvalue weighted by atomic mass is 16.5. The van der Waals surface area contributed by atoms with Gasteiger partial charge in [-0.15, -0.1) is 0 Å². The van der Waals surface area contributed by atoms with E-state index in [0.29, 0.717) is 40.9 Å². The van der Waals surface area contributed by atoms with Gasteiger partial charge >= 0.3 is 0 Å². The maximum Gasteiger partial charge on any atom is 0.295 e. The first kappa shape index (κ1) is 25.1. The zero-order chi connectivity index (χ0) is 24.8. The molecular formula is C26H31NO7. The molecule has 0 saturated carbocycles. The van der Waals surface area contributed by atoms with E-state index in [4.69, 9.17) is 18.9 Å². The van der Waals surface area contributed by atoms with Crippen LogP contribution in [0.3, 0.4) is 0 Å². The molecule has 182 valence electrons. The molecule has 0 radical (unpaired) electrons. The summed E-state index contributed by atoms with van der Waals surface area (Å²) in [5.74, 6) is 0.201. The van der Waals surface area contributed by atoms with Crippen molar-refractivity contribution in [2.75, 3.05) is 41.1 Å². The Morgan fingerprint density at radius 2 is 1.68 bits per heavy atom. The number of methoxy groups -OCH3 is 3. The fraction of sp³-hybridized carbons (Fsp3) is 0.385. The van der Waals surface area contributed by atoms with E-state index in [1.54, 1.807) is 42.5 Å². The summed E-state index contributed by atoms with van der Waals surface area (Å²) < 4.78 is 21.5. The number of rotatable bonds is 10. The molecule has 1 unspecified atom stereocenters. The number of carbonyl (C=O) groups is 2. The summed E-state index contributed by atoms with van der Waals surface area (Å²) >= 11 is 0. The lowest BCUT2D eigenvalue weighted by Crippen LogP contribution is -2.32. The Labute approximate surface area is 199 Å². The SMILES string of the molecule is COCCN1C(=O)C(=O)/C(=C(\O)c2ccc(OC)c(OC)c2)C1c1ccc(OCC(C)C)cc1. The van der Waals surface area contributed by atoms with E-state index in [2.05, 4.69) is 13.8 Å². The Morgan fingerprint density at radius 1 is 1.00 bits per heavy atom. The van der Waals surface area contributed by atoms with Crippen LogP contribution in [-0.4, -0.2) is 62.8 Å². The summed E-state index contributed by atoms with van der Waals surface area (Å²) in [6.07, 6.45) is 0. The van der Waals surface area contributed by atoms with Crippen LogP contribution in [0.2, 0.25) is 0 Å². The highest BCUT2D eigenvalue weighted by Crippen LogP contribution is 2.40. The molecule has 1 heterocycles. The zero-order valence-electron chi connectivity index (χ0n) is 20.2. The van der Waals surface area contributed by atoms with Crippen molar-refractivity contribution in [3.8, 4) is 17.2 Å². The normalized spacial score (nSPS) is 17.4. The van der Waals surface area contributed by atoms with Gasteiger partial charge in [-0.2, -0.15) is 0 Å². The van der Waals surface area contributed by atoms with Crippen molar-refractivity contribution < 1.29 is 33.6 Å². The van der Waals surface area contributed by atoms with Crippen molar-refractivity contribution >= 4 is 17.4 Å². The smallest absolute Gasteiger partial charge is 0.295 e. The number of Topliss-reactive ketones (excluding diaryl/α,β-unsaturated/α-hetero) is 1. The lowest BCUT2D eigenvalue weighted by Gasteiger charge is -2.25. The molecule has 1 aliphatic rings. The van der Waals surface area contributed by atoms with Crippen LogP contribution in [0.15, 0.2) is 48.0 Å². The Hall–Kier alpha value is -3.52. The molecule has 2 aromatic carbocycles. The molecule has 2 aromatic rings. The summed E-state index contributed by atoms with van der Waals surface area (Å²) in [5, 5.41) is 11.2. The van der Waals surface area contributed by atoms with Crippen molar-refractivity contribution in [3.05, 3.63) is 59.2 Å². The minimum Gasteiger partial charge on any atom is -0.507 e. The molecule has 0 bridgehead atoms. The average Bonchev–Trinajstić information content (AvgIpc) is 3.10. The molecule has 1 atom stereocenters. The molecule has 1 saturated heterocycles. The van der Waals surface area contributed by atoms with Gasteiger partial charge in [0.25, 0.3) is 11.7 Å². The maximum atomic E-state index is 13.1. The van der Waals surface area contributed by atoms with Gasteiger partial charge in [-0.05, 0) is 41.8 Å². The van der Waals surface area contributed by atoms with Crippen molar-refractivity contribution in [1.29, 1.82) is 0 Å². The van der Waals surface area contributed by atoms with E-state index in [1.807, 2.05) is 0 Å². The van der Waals surface area contributed by atoms with Gasteiger partial charge in [0.1, 0.15) is 11.5 Å². The number of carbonyl (C=O) groups excluding carboxylic acids is 2. The first-order valence-corrected chi connectivity index (χ1v) is 11.0. The summed E-state index contributed by atoms with van der Waals surface area (Å²) in [6.45, 7) is 5.14. The molecule has 0 spiro atoms. The zero-order valence-corrected chi connectivity index (χ0v) is 20.2. The van der Waals surface area contributed by atoms with E-state index in [9.17, 15) is 14.7 Å².